The first-order valence-electron chi connectivity index (χ1n) is 4.28. The minimum absolute atomic E-state index is 0.240. The molecule has 0 radical (unpaired) electrons. The maximum absolute atomic E-state index is 11.8. The highest BCUT2D eigenvalue weighted by atomic mass is 19.1. The monoisotopic (exact) mass is 161 g/mol. The molecule has 0 heterocycles. The van der Waals surface area contributed by atoms with Crippen LogP contribution in [0.15, 0.2) is 0 Å². The van der Waals surface area contributed by atoms with E-state index in [1.54, 1.807) is 0 Å². The van der Waals surface area contributed by atoms with Gasteiger partial charge in [0.15, 0.2) is 0 Å². The topological polar surface area (TPSA) is 32.3 Å². The highest BCUT2D eigenvalue weighted by Gasteiger charge is 2.25. The quantitative estimate of drug-likeness (QED) is 0.636. The summed E-state index contributed by atoms with van der Waals surface area (Å²) in [7, 11) is 0. The van der Waals surface area contributed by atoms with Gasteiger partial charge in [0.25, 0.3) is 0 Å². The minimum atomic E-state index is -0.311. The Hall–Kier alpha value is -0.150. The largest absolute Gasteiger partial charge is 0.396 e. The van der Waals surface area contributed by atoms with Crippen LogP contribution in [-0.2, 0) is 0 Å². The van der Waals surface area contributed by atoms with Gasteiger partial charge in [0.1, 0.15) is 6.67 Å². The molecule has 11 heavy (non-hydrogen) atoms. The van der Waals surface area contributed by atoms with Crippen LogP contribution in [-0.4, -0.2) is 31.0 Å². The summed E-state index contributed by atoms with van der Waals surface area (Å²) in [6.07, 6.45) is 3.33. The molecule has 1 aliphatic carbocycles. The number of alkyl halides is 1. The van der Waals surface area contributed by atoms with Gasteiger partial charge in [-0.2, -0.15) is 0 Å². The van der Waals surface area contributed by atoms with Gasteiger partial charge in [-0.1, -0.05) is 6.42 Å². The van der Waals surface area contributed by atoms with E-state index in [1.807, 2.05) is 0 Å². The predicted octanol–water partition coefficient (Wildman–Crippen LogP) is 0.706. The molecule has 0 saturated heterocycles. The van der Waals surface area contributed by atoms with Crippen molar-refractivity contribution < 1.29 is 9.50 Å². The second-order valence-corrected chi connectivity index (χ2v) is 3.12. The van der Waals surface area contributed by atoms with Crippen molar-refractivity contribution in [3.8, 4) is 0 Å². The molecule has 1 rings (SSSR count). The van der Waals surface area contributed by atoms with E-state index in [-0.39, 0.29) is 13.3 Å². The summed E-state index contributed by atoms with van der Waals surface area (Å²) >= 11 is 0. The van der Waals surface area contributed by atoms with Crippen LogP contribution in [0, 0.1) is 5.92 Å². The van der Waals surface area contributed by atoms with E-state index in [9.17, 15) is 4.39 Å². The molecule has 0 bridgehead atoms. The number of rotatable bonds is 4. The van der Waals surface area contributed by atoms with Crippen LogP contribution in [0.1, 0.15) is 19.3 Å². The Kier molecular flexibility index (Phi) is 3.80. The second-order valence-electron chi connectivity index (χ2n) is 3.12. The van der Waals surface area contributed by atoms with E-state index in [0.717, 1.165) is 19.3 Å². The van der Waals surface area contributed by atoms with E-state index in [1.165, 1.54) is 0 Å². The molecule has 0 aromatic carbocycles. The van der Waals surface area contributed by atoms with Gasteiger partial charge in [-0.25, -0.2) is 4.39 Å². The van der Waals surface area contributed by atoms with Crippen molar-refractivity contribution in [2.45, 2.75) is 25.3 Å². The molecule has 0 aliphatic heterocycles. The summed E-state index contributed by atoms with van der Waals surface area (Å²) in [5.41, 5.74) is 0. The molecule has 3 heteroatoms. The standard InChI is InChI=1S/C8H16FNO/c9-4-5-10-8-3-1-2-7(8)6-11/h7-8,10-11H,1-6H2. The number of hydrogen-bond donors (Lipinski definition) is 2. The summed E-state index contributed by atoms with van der Waals surface area (Å²) in [5.74, 6) is 0.363. The summed E-state index contributed by atoms with van der Waals surface area (Å²) in [5, 5.41) is 12.0. The molecule has 1 saturated carbocycles. The lowest BCUT2D eigenvalue weighted by Crippen LogP contribution is -2.35. The Balaban J connectivity index is 2.20. The SMILES string of the molecule is OCC1CCCC1NCCF. The zero-order chi connectivity index (χ0) is 8.10. The van der Waals surface area contributed by atoms with Crippen LogP contribution in [0.2, 0.25) is 0 Å². The maximum atomic E-state index is 11.8. The average molecular weight is 161 g/mol. The van der Waals surface area contributed by atoms with Gasteiger partial charge in [0.2, 0.25) is 0 Å². The van der Waals surface area contributed by atoms with E-state index in [4.69, 9.17) is 5.11 Å². The van der Waals surface area contributed by atoms with Crippen molar-refractivity contribution in [1.82, 2.24) is 5.32 Å². The summed E-state index contributed by atoms with van der Waals surface area (Å²) in [6.45, 7) is 0.361. The van der Waals surface area contributed by atoms with Crippen molar-refractivity contribution in [3.05, 3.63) is 0 Å². The van der Waals surface area contributed by atoms with Crippen molar-refractivity contribution in [2.24, 2.45) is 5.92 Å². The molecule has 2 N–H and O–H groups in total. The highest BCUT2D eigenvalue weighted by molar-refractivity contribution is 4.82. The van der Waals surface area contributed by atoms with Crippen LogP contribution in [0.3, 0.4) is 0 Å². The molecule has 1 fully saturated rings. The first kappa shape index (κ1) is 8.94. The molecule has 2 nitrogen and oxygen atoms in total. The normalized spacial score (nSPS) is 31.1. The number of aliphatic hydroxyl groups excluding tert-OH is 1. The number of aliphatic hydroxyl groups is 1. The lowest BCUT2D eigenvalue weighted by atomic mass is 10.1. The van der Waals surface area contributed by atoms with Crippen molar-refractivity contribution >= 4 is 0 Å². The Labute approximate surface area is 66.8 Å². The van der Waals surface area contributed by atoms with E-state index in [0.29, 0.717) is 18.5 Å². The molecule has 0 amide bonds. The Morgan fingerprint density at radius 1 is 1.45 bits per heavy atom. The van der Waals surface area contributed by atoms with Crippen molar-refractivity contribution in [3.63, 3.8) is 0 Å². The van der Waals surface area contributed by atoms with Gasteiger partial charge in [-0.15, -0.1) is 0 Å². The summed E-state index contributed by atoms with van der Waals surface area (Å²) in [6, 6.07) is 0.357. The van der Waals surface area contributed by atoms with Crippen molar-refractivity contribution in [1.29, 1.82) is 0 Å². The fourth-order valence-corrected chi connectivity index (χ4v) is 1.76. The third kappa shape index (κ3) is 2.42. The molecular weight excluding hydrogens is 145 g/mol. The van der Waals surface area contributed by atoms with Gasteiger partial charge < -0.3 is 10.4 Å². The molecular formula is C8H16FNO. The number of hydrogen-bond acceptors (Lipinski definition) is 2. The molecule has 2 atom stereocenters. The second kappa shape index (κ2) is 4.67. The van der Waals surface area contributed by atoms with Gasteiger partial charge in [-0.05, 0) is 18.8 Å². The third-order valence-electron chi connectivity index (χ3n) is 2.39. The number of nitrogens with one attached hydrogen (secondary N) is 1. The van der Waals surface area contributed by atoms with Gasteiger partial charge in [-0.3, -0.25) is 0 Å². The maximum Gasteiger partial charge on any atom is 0.102 e. The molecule has 2 unspecified atom stereocenters. The van der Waals surface area contributed by atoms with E-state index < -0.39 is 0 Å². The van der Waals surface area contributed by atoms with E-state index >= 15 is 0 Å². The first-order valence-corrected chi connectivity index (χ1v) is 4.28. The van der Waals surface area contributed by atoms with Crippen LogP contribution in [0.25, 0.3) is 0 Å². The van der Waals surface area contributed by atoms with Gasteiger partial charge in [0, 0.05) is 19.2 Å². The van der Waals surface area contributed by atoms with Gasteiger partial charge >= 0.3 is 0 Å². The fraction of sp³-hybridized carbons (Fsp3) is 1.00. The lowest BCUT2D eigenvalue weighted by Gasteiger charge is -2.17. The van der Waals surface area contributed by atoms with Crippen LogP contribution in [0.4, 0.5) is 4.39 Å². The zero-order valence-corrected chi connectivity index (χ0v) is 6.72. The van der Waals surface area contributed by atoms with E-state index in [2.05, 4.69) is 5.32 Å². The Morgan fingerprint density at radius 3 is 2.91 bits per heavy atom. The Bertz CT molecular complexity index is 110. The van der Waals surface area contributed by atoms with Crippen LogP contribution < -0.4 is 5.32 Å². The molecule has 0 aromatic heterocycles. The zero-order valence-electron chi connectivity index (χ0n) is 6.72. The smallest absolute Gasteiger partial charge is 0.102 e. The highest BCUT2D eigenvalue weighted by Crippen LogP contribution is 2.24. The summed E-state index contributed by atoms with van der Waals surface area (Å²) in [4.78, 5) is 0. The fourth-order valence-electron chi connectivity index (χ4n) is 1.76. The third-order valence-corrected chi connectivity index (χ3v) is 2.39. The summed E-state index contributed by atoms with van der Waals surface area (Å²) < 4.78 is 11.8. The lowest BCUT2D eigenvalue weighted by molar-refractivity contribution is 0.204. The predicted molar refractivity (Wildman–Crippen MR) is 42.2 cm³/mol. The molecule has 1 aliphatic rings. The van der Waals surface area contributed by atoms with Crippen LogP contribution in [0.5, 0.6) is 0 Å². The first-order chi connectivity index (χ1) is 5.38. The minimum Gasteiger partial charge on any atom is -0.396 e. The number of halogens is 1. The molecule has 66 valence electrons. The van der Waals surface area contributed by atoms with Crippen molar-refractivity contribution in [2.75, 3.05) is 19.8 Å². The molecule has 0 aromatic rings. The molecule has 0 spiro atoms. The Morgan fingerprint density at radius 2 is 2.27 bits per heavy atom. The average Bonchev–Trinajstić information content (AvgIpc) is 2.47. The van der Waals surface area contributed by atoms with Crippen LogP contribution >= 0.6 is 0 Å². The van der Waals surface area contributed by atoms with Gasteiger partial charge in [0.05, 0.1) is 0 Å².